The molecule has 0 spiro atoms. The molecule has 1 aliphatic heterocycles. The maximum Gasteiger partial charge on any atom is 0.152 e. The first kappa shape index (κ1) is 14.3. The van der Waals surface area contributed by atoms with Crippen molar-refractivity contribution in [3.05, 3.63) is 30.2 Å². The summed E-state index contributed by atoms with van der Waals surface area (Å²) in [5.74, 6) is 1.03. The van der Waals surface area contributed by atoms with Crippen LogP contribution in [0, 0.1) is 0 Å². The van der Waals surface area contributed by atoms with E-state index in [0.29, 0.717) is 6.04 Å². The van der Waals surface area contributed by atoms with Crippen molar-refractivity contribution < 1.29 is 4.42 Å². The molecule has 3 nitrogen and oxygen atoms in total. The zero-order valence-corrected chi connectivity index (χ0v) is 11.0. The predicted octanol–water partition coefficient (Wildman–Crippen LogP) is 3.49. The molecular weight excluding hydrogens is 259 g/mol. The second-order valence-corrected chi connectivity index (χ2v) is 4.04. The molecule has 0 bridgehead atoms. The van der Waals surface area contributed by atoms with E-state index in [1.165, 1.54) is 19.3 Å². The average Bonchev–Trinajstić information content (AvgIpc) is 2.74. The van der Waals surface area contributed by atoms with Crippen LogP contribution in [0.3, 0.4) is 0 Å². The van der Waals surface area contributed by atoms with Gasteiger partial charge in [0.15, 0.2) is 5.58 Å². The Morgan fingerprint density at radius 3 is 2.88 bits per heavy atom. The Balaban J connectivity index is 0.000000722. The van der Waals surface area contributed by atoms with Gasteiger partial charge in [0, 0.05) is 12.3 Å². The highest BCUT2D eigenvalue weighted by Gasteiger charge is 2.18. The average molecular weight is 275 g/mol. The van der Waals surface area contributed by atoms with Gasteiger partial charge in [-0.1, -0.05) is 6.42 Å². The quantitative estimate of drug-likeness (QED) is 0.865. The lowest BCUT2D eigenvalue weighted by Crippen LogP contribution is -2.26. The number of hydrogen-bond donors (Lipinski definition) is 1. The lowest BCUT2D eigenvalue weighted by Gasteiger charge is -2.21. The van der Waals surface area contributed by atoms with Crippen LogP contribution in [0.25, 0.3) is 11.1 Å². The van der Waals surface area contributed by atoms with Crippen molar-refractivity contribution >= 4 is 35.9 Å². The summed E-state index contributed by atoms with van der Waals surface area (Å²) in [6.45, 7) is 1.09. The van der Waals surface area contributed by atoms with Crippen LogP contribution >= 0.6 is 24.8 Å². The van der Waals surface area contributed by atoms with Gasteiger partial charge in [0.1, 0.15) is 11.3 Å². The molecule has 5 heteroatoms. The molecule has 17 heavy (non-hydrogen) atoms. The second kappa shape index (κ2) is 6.24. The SMILES string of the molecule is Cl.Cl.c1cnc2cc(C3CCCCN3)oc2c1. The Labute approximate surface area is 113 Å². The molecule has 1 unspecified atom stereocenters. The third kappa shape index (κ3) is 2.92. The van der Waals surface area contributed by atoms with Crippen LogP contribution in [0.1, 0.15) is 31.1 Å². The molecule has 94 valence electrons. The van der Waals surface area contributed by atoms with Gasteiger partial charge in [-0.2, -0.15) is 0 Å². The zero-order chi connectivity index (χ0) is 10.1. The fourth-order valence-electron chi connectivity index (χ4n) is 2.16. The highest BCUT2D eigenvalue weighted by atomic mass is 35.5. The minimum Gasteiger partial charge on any atom is -0.458 e. The van der Waals surface area contributed by atoms with E-state index in [0.717, 1.165) is 23.4 Å². The molecule has 3 rings (SSSR count). The Hall–Kier alpha value is -0.770. The Kier molecular flexibility index (Phi) is 5.25. The van der Waals surface area contributed by atoms with Crippen LogP contribution < -0.4 is 5.32 Å². The minimum absolute atomic E-state index is 0. The van der Waals surface area contributed by atoms with Crippen molar-refractivity contribution in [2.75, 3.05) is 6.54 Å². The zero-order valence-electron chi connectivity index (χ0n) is 9.39. The van der Waals surface area contributed by atoms with Crippen LogP contribution in [0.5, 0.6) is 0 Å². The molecule has 0 saturated carbocycles. The molecule has 0 amide bonds. The van der Waals surface area contributed by atoms with Gasteiger partial charge in [-0.05, 0) is 31.5 Å². The summed E-state index contributed by atoms with van der Waals surface area (Å²) in [7, 11) is 0. The summed E-state index contributed by atoms with van der Waals surface area (Å²) in [6, 6.07) is 6.31. The van der Waals surface area contributed by atoms with Crippen LogP contribution in [0.2, 0.25) is 0 Å². The minimum atomic E-state index is 0. The first-order chi connectivity index (χ1) is 7.43. The van der Waals surface area contributed by atoms with Gasteiger partial charge in [-0.15, -0.1) is 24.8 Å². The van der Waals surface area contributed by atoms with Crippen LogP contribution in [0.4, 0.5) is 0 Å². The van der Waals surface area contributed by atoms with Gasteiger partial charge < -0.3 is 9.73 Å². The Morgan fingerprint density at radius 1 is 1.29 bits per heavy atom. The third-order valence-corrected chi connectivity index (χ3v) is 2.96. The first-order valence-electron chi connectivity index (χ1n) is 5.51. The van der Waals surface area contributed by atoms with Crippen molar-refractivity contribution in [2.24, 2.45) is 0 Å². The molecular formula is C12H16Cl2N2O. The molecule has 0 aliphatic carbocycles. The van der Waals surface area contributed by atoms with Crippen LogP contribution in [0.15, 0.2) is 28.8 Å². The summed E-state index contributed by atoms with van der Waals surface area (Å²) in [5.41, 5.74) is 1.85. The van der Waals surface area contributed by atoms with Gasteiger partial charge in [0.25, 0.3) is 0 Å². The number of piperidine rings is 1. The summed E-state index contributed by atoms with van der Waals surface area (Å²) >= 11 is 0. The monoisotopic (exact) mass is 274 g/mol. The number of nitrogens with one attached hydrogen (secondary N) is 1. The largest absolute Gasteiger partial charge is 0.458 e. The predicted molar refractivity (Wildman–Crippen MR) is 73.1 cm³/mol. The standard InChI is InChI=1S/C12H14N2O.2ClH/c1-2-6-13-9(4-1)12-8-10-11(15-12)5-3-7-14-10;;/h3,5,7-9,13H,1-2,4,6H2;2*1H. The number of halogens is 2. The molecule has 2 aromatic heterocycles. The van der Waals surface area contributed by atoms with Gasteiger partial charge in [0.2, 0.25) is 0 Å². The summed E-state index contributed by atoms with van der Waals surface area (Å²) < 4.78 is 5.78. The van der Waals surface area contributed by atoms with Crippen molar-refractivity contribution in [2.45, 2.75) is 25.3 Å². The second-order valence-electron chi connectivity index (χ2n) is 4.04. The topological polar surface area (TPSA) is 38.1 Å². The molecule has 1 aliphatic rings. The smallest absolute Gasteiger partial charge is 0.152 e. The highest BCUT2D eigenvalue weighted by Crippen LogP contribution is 2.27. The normalized spacial score (nSPS) is 19.4. The van der Waals surface area contributed by atoms with Crippen molar-refractivity contribution in [3.8, 4) is 0 Å². The molecule has 0 radical (unpaired) electrons. The number of pyridine rings is 1. The van der Waals surface area contributed by atoms with Crippen molar-refractivity contribution in [1.29, 1.82) is 0 Å². The van der Waals surface area contributed by atoms with E-state index < -0.39 is 0 Å². The highest BCUT2D eigenvalue weighted by molar-refractivity contribution is 5.85. The van der Waals surface area contributed by atoms with E-state index in [2.05, 4.69) is 16.4 Å². The molecule has 1 N–H and O–H groups in total. The fourth-order valence-corrected chi connectivity index (χ4v) is 2.16. The summed E-state index contributed by atoms with van der Waals surface area (Å²) in [5, 5.41) is 3.47. The van der Waals surface area contributed by atoms with Crippen LogP contribution in [-0.4, -0.2) is 11.5 Å². The molecule has 3 heterocycles. The first-order valence-corrected chi connectivity index (χ1v) is 5.51. The van der Waals surface area contributed by atoms with Gasteiger partial charge in [-0.25, -0.2) is 0 Å². The van der Waals surface area contributed by atoms with E-state index in [4.69, 9.17) is 4.42 Å². The number of nitrogens with zero attached hydrogens (tertiary/aromatic N) is 1. The molecule has 1 atom stereocenters. The van der Waals surface area contributed by atoms with E-state index in [1.807, 2.05) is 12.1 Å². The summed E-state index contributed by atoms with van der Waals surface area (Å²) in [4.78, 5) is 4.28. The molecule has 2 aromatic rings. The lowest BCUT2D eigenvalue weighted by molar-refractivity contribution is 0.358. The van der Waals surface area contributed by atoms with Crippen molar-refractivity contribution in [1.82, 2.24) is 10.3 Å². The molecule has 1 fully saturated rings. The number of fused-ring (bicyclic) bond motifs is 1. The van der Waals surface area contributed by atoms with Gasteiger partial charge in [-0.3, -0.25) is 4.98 Å². The van der Waals surface area contributed by atoms with Gasteiger partial charge >= 0.3 is 0 Å². The fraction of sp³-hybridized carbons (Fsp3) is 0.417. The van der Waals surface area contributed by atoms with E-state index in [-0.39, 0.29) is 24.8 Å². The van der Waals surface area contributed by atoms with E-state index >= 15 is 0 Å². The molecule has 0 aromatic carbocycles. The molecule has 1 saturated heterocycles. The third-order valence-electron chi connectivity index (χ3n) is 2.96. The number of aromatic nitrogens is 1. The van der Waals surface area contributed by atoms with Crippen molar-refractivity contribution in [3.63, 3.8) is 0 Å². The summed E-state index contributed by atoms with van der Waals surface area (Å²) in [6.07, 6.45) is 5.52. The number of hydrogen-bond acceptors (Lipinski definition) is 3. The Morgan fingerprint density at radius 2 is 2.18 bits per heavy atom. The maximum atomic E-state index is 5.78. The Bertz CT molecular complexity index is 433. The van der Waals surface area contributed by atoms with Crippen LogP contribution in [-0.2, 0) is 0 Å². The van der Waals surface area contributed by atoms with Gasteiger partial charge in [0.05, 0.1) is 6.04 Å². The number of furan rings is 1. The maximum absolute atomic E-state index is 5.78. The number of rotatable bonds is 1. The lowest BCUT2D eigenvalue weighted by atomic mass is 10.0. The van der Waals surface area contributed by atoms with E-state index in [1.54, 1.807) is 6.20 Å². The van der Waals surface area contributed by atoms with E-state index in [9.17, 15) is 0 Å².